The van der Waals surface area contributed by atoms with E-state index in [1.54, 1.807) is 0 Å². The van der Waals surface area contributed by atoms with Crippen LogP contribution in [0, 0.1) is 32.4 Å². The molecule has 1 N–H and O–H groups in total. The molecule has 0 heterocycles. The number of nitrogens with one attached hydrogen (secondary N) is 1. The molecule has 0 radical (unpaired) electrons. The van der Waals surface area contributed by atoms with Crippen LogP contribution in [0.15, 0.2) is 29.2 Å². The Morgan fingerprint density at radius 3 is 2.26 bits per heavy atom. The maximum atomic E-state index is 13.9. The first-order chi connectivity index (χ1) is 8.90. The van der Waals surface area contributed by atoms with E-state index >= 15 is 0 Å². The van der Waals surface area contributed by atoms with Crippen molar-refractivity contribution in [1.29, 1.82) is 0 Å². The van der Waals surface area contributed by atoms with Gasteiger partial charge in [-0.25, -0.2) is 8.78 Å². The molecule has 2 rings (SSSR count). The number of anilines is 2. The summed E-state index contributed by atoms with van der Waals surface area (Å²) in [5.74, 6) is -1.74. The second-order valence-corrected chi connectivity index (χ2v) is 5.14. The van der Waals surface area contributed by atoms with Crippen molar-refractivity contribution >= 4 is 24.0 Å². The Bertz CT molecular complexity index is 639. The summed E-state index contributed by atoms with van der Waals surface area (Å²) in [4.78, 5) is 0.386. The van der Waals surface area contributed by atoms with Crippen molar-refractivity contribution in [3.05, 3.63) is 52.6 Å². The number of hydrogen-bond acceptors (Lipinski definition) is 2. The van der Waals surface area contributed by atoms with Gasteiger partial charge >= 0.3 is 0 Å². The minimum Gasteiger partial charge on any atom is -0.352 e. The fraction of sp³-hybridized carbons (Fsp3) is 0.200. The molecule has 0 aliphatic rings. The Kier molecular flexibility index (Phi) is 3.80. The van der Waals surface area contributed by atoms with Crippen LogP contribution >= 0.6 is 12.6 Å². The summed E-state index contributed by atoms with van der Waals surface area (Å²) in [6.45, 7) is 5.40. The summed E-state index contributed by atoms with van der Waals surface area (Å²) in [7, 11) is 0. The number of aryl methyl sites for hydroxylation is 3. The number of halogens is 2. The molecular formula is C15H15F2NS. The third-order valence-corrected chi connectivity index (χ3v) is 3.36. The molecule has 0 bridgehead atoms. The van der Waals surface area contributed by atoms with E-state index in [-0.39, 0.29) is 11.3 Å². The van der Waals surface area contributed by atoms with Gasteiger partial charge in [0, 0.05) is 10.6 Å². The van der Waals surface area contributed by atoms with Crippen LogP contribution in [0.1, 0.15) is 16.7 Å². The van der Waals surface area contributed by atoms with Crippen molar-refractivity contribution in [3.63, 3.8) is 0 Å². The highest BCUT2D eigenvalue weighted by Gasteiger charge is 2.15. The zero-order chi connectivity index (χ0) is 14.2. The van der Waals surface area contributed by atoms with Gasteiger partial charge in [-0.1, -0.05) is 17.7 Å². The SMILES string of the molecule is Cc1ccc(Nc2c(S)cc(C)c(F)c2F)c(C)c1. The quantitative estimate of drug-likeness (QED) is 0.743. The zero-order valence-electron chi connectivity index (χ0n) is 11.0. The highest BCUT2D eigenvalue weighted by atomic mass is 32.1. The van der Waals surface area contributed by atoms with Crippen LogP contribution in [0.5, 0.6) is 0 Å². The predicted octanol–water partition coefficient (Wildman–Crippen LogP) is 4.92. The second kappa shape index (κ2) is 5.21. The summed E-state index contributed by atoms with van der Waals surface area (Å²) >= 11 is 4.20. The molecule has 100 valence electrons. The van der Waals surface area contributed by atoms with Gasteiger partial charge in [0.25, 0.3) is 0 Å². The zero-order valence-corrected chi connectivity index (χ0v) is 11.9. The van der Waals surface area contributed by atoms with Gasteiger partial charge in [0.15, 0.2) is 11.6 Å². The van der Waals surface area contributed by atoms with E-state index in [0.29, 0.717) is 4.90 Å². The van der Waals surface area contributed by atoms with Gasteiger partial charge in [-0.05, 0) is 44.0 Å². The van der Waals surface area contributed by atoms with Crippen molar-refractivity contribution < 1.29 is 8.78 Å². The topological polar surface area (TPSA) is 12.0 Å². The fourth-order valence-electron chi connectivity index (χ4n) is 1.94. The summed E-state index contributed by atoms with van der Waals surface area (Å²) in [6, 6.07) is 7.24. The van der Waals surface area contributed by atoms with E-state index in [9.17, 15) is 8.78 Å². The predicted molar refractivity (Wildman–Crippen MR) is 77.5 cm³/mol. The van der Waals surface area contributed by atoms with E-state index < -0.39 is 11.6 Å². The first kappa shape index (κ1) is 13.9. The highest BCUT2D eigenvalue weighted by Crippen LogP contribution is 2.31. The van der Waals surface area contributed by atoms with Crippen LogP contribution in [0.3, 0.4) is 0 Å². The highest BCUT2D eigenvalue weighted by molar-refractivity contribution is 7.80. The Hall–Kier alpha value is -1.55. The molecule has 0 spiro atoms. The fourth-order valence-corrected chi connectivity index (χ4v) is 2.29. The van der Waals surface area contributed by atoms with Crippen LogP contribution < -0.4 is 5.32 Å². The van der Waals surface area contributed by atoms with E-state index in [2.05, 4.69) is 17.9 Å². The standard InChI is InChI=1S/C15H15F2NS/c1-8-4-5-11(9(2)6-8)18-15-12(19)7-10(3)13(16)14(15)17/h4-7,18-19H,1-3H3. The van der Waals surface area contributed by atoms with Crippen LogP contribution in [0.4, 0.5) is 20.2 Å². The second-order valence-electron chi connectivity index (χ2n) is 4.66. The average Bonchev–Trinajstić information content (AvgIpc) is 2.34. The number of hydrogen-bond donors (Lipinski definition) is 2. The van der Waals surface area contributed by atoms with Gasteiger partial charge in [-0.15, -0.1) is 12.6 Å². The molecular weight excluding hydrogens is 264 g/mol. The molecule has 0 saturated heterocycles. The lowest BCUT2D eigenvalue weighted by molar-refractivity contribution is 0.503. The minimum absolute atomic E-state index is 0.0680. The molecule has 0 aliphatic heterocycles. The smallest absolute Gasteiger partial charge is 0.183 e. The van der Waals surface area contributed by atoms with Gasteiger partial charge in [0.2, 0.25) is 0 Å². The monoisotopic (exact) mass is 279 g/mol. The molecule has 0 aliphatic carbocycles. The molecule has 0 fully saturated rings. The lowest BCUT2D eigenvalue weighted by Crippen LogP contribution is -2.01. The van der Waals surface area contributed by atoms with Gasteiger partial charge < -0.3 is 5.32 Å². The maximum absolute atomic E-state index is 13.9. The summed E-state index contributed by atoms with van der Waals surface area (Å²) in [6.07, 6.45) is 0. The van der Waals surface area contributed by atoms with Crippen LogP contribution in [0.2, 0.25) is 0 Å². The van der Waals surface area contributed by atoms with Gasteiger partial charge in [0.1, 0.15) is 0 Å². The Morgan fingerprint density at radius 2 is 1.63 bits per heavy atom. The number of benzene rings is 2. The van der Waals surface area contributed by atoms with Crippen molar-refractivity contribution in [3.8, 4) is 0 Å². The molecule has 0 atom stereocenters. The van der Waals surface area contributed by atoms with Crippen molar-refractivity contribution in [1.82, 2.24) is 0 Å². The van der Waals surface area contributed by atoms with Gasteiger partial charge in [0.05, 0.1) is 5.69 Å². The Labute approximate surface area is 117 Å². The lowest BCUT2D eigenvalue weighted by Gasteiger charge is -2.14. The molecule has 1 nitrogen and oxygen atoms in total. The van der Waals surface area contributed by atoms with E-state index in [4.69, 9.17) is 0 Å². The Morgan fingerprint density at radius 1 is 0.947 bits per heavy atom. The molecule has 2 aromatic carbocycles. The molecule has 2 aromatic rings. The first-order valence-electron chi connectivity index (χ1n) is 5.92. The van der Waals surface area contributed by atoms with Crippen molar-refractivity contribution in [2.24, 2.45) is 0 Å². The number of thiol groups is 1. The molecule has 0 aromatic heterocycles. The average molecular weight is 279 g/mol. The summed E-state index contributed by atoms with van der Waals surface area (Å²) in [5, 5.41) is 2.91. The molecule has 0 saturated carbocycles. The van der Waals surface area contributed by atoms with Crippen LogP contribution in [-0.2, 0) is 0 Å². The minimum atomic E-state index is -0.898. The third kappa shape index (κ3) is 2.73. The number of rotatable bonds is 2. The maximum Gasteiger partial charge on any atom is 0.183 e. The van der Waals surface area contributed by atoms with Crippen LogP contribution in [-0.4, -0.2) is 0 Å². The molecule has 0 unspecified atom stereocenters. The normalized spacial score (nSPS) is 10.6. The van der Waals surface area contributed by atoms with Crippen molar-refractivity contribution in [2.45, 2.75) is 25.7 Å². The lowest BCUT2D eigenvalue weighted by atomic mass is 10.1. The first-order valence-corrected chi connectivity index (χ1v) is 6.36. The summed E-state index contributed by atoms with van der Waals surface area (Å²) < 4.78 is 27.5. The largest absolute Gasteiger partial charge is 0.352 e. The summed E-state index contributed by atoms with van der Waals surface area (Å²) in [5.41, 5.74) is 3.13. The molecule has 4 heteroatoms. The van der Waals surface area contributed by atoms with Gasteiger partial charge in [-0.2, -0.15) is 0 Å². The third-order valence-electron chi connectivity index (χ3n) is 3.01. The molecule has 19 heavy (non-hydrogen) atoms. The van der Waals surface area contributed by atoms with E-state index in [1.165, 1.54) is 13.0 Å². The van der Waals surface area contributed by atoms with Crippen molar-refractivity contribution in [2.75, 3.05) is 5.32 Å². The van der Waals surface area contributed by atoms with Gasteiger partial charge in [-0.3, -0.25) is 0 Å². The van der Waals surface area contributed by atoms with Crippen LogP contribution in [0.25, 0.3) is 0 Å². The van der Waals surface area contributed by atoms with E-state index in [1.807, 2.05) is 32.0 Å². The molecule has 0 amide bonds. The Balaban J connectivity index is 2.47. The van der Waals surface area contributed by atoms with E-state index in [0.717, 1.165) is 16.8 Å².